The number of para-hydroxylation sites is 1. The van der Waals surface area contributed by atoms with Gasteiger partial charge in [-0.25, -0.2) is 0 Å². The predicted octanol–water partition coefficient (Wildman–Crippen LogP) is 4.44. The normalized spacial score (nSPS) is 11.3. The maximum Gasteiger partial charge on any atom is 0.165 e. The van der Waals surface area contributed by atoms with Gasteiger partial charge in [-0.2, -0.15) is 0 Å². The molecule has 0 radical (unpaired) electrons. The molecule has 1 heterocycles. The maximum absolute atomic E-state index is 12.1. The third kappa shape index (κ3) is 2.52. The molecule has 2 nitrogen and oxygen atoms in total. The summed E-state index contributed by atoms with van der Waals surface area (Å²) in [6.07, 6.45) is 3.28. The van der Waals surface area contributed by atoms with Crippen molar-refractivity contribution in [3.8, 4) is 0 Å². The van der Waals surface area contributed by atoms with Gasteiger partial charge in [-0.05, 0) is 18.4 Å². The van der Waals surface area contributed by atoms with Crippen LogP contribution in [0, 0.1) is 5.92 Å². The molecule has 0 unspecified atom stereocenters. The summed E-state index contributed by atoms with van der Waals surface area (Å²) in [5, 5.41) is 1.58. The molecular weight excluding hydrogens is 234 g/mol. The largest absolute Gasteiger partial charge is 0.359 e. The van der Waals surface area contributed by atoms with E-state index in [2.05, 4.69) is 18.8 Å². The Bertz CT molecular complexity index is 542. The van der Waals surface area contributed by atoms with Crippen LogP contribution in [0.4, 0.5) is 0 Å². The molecule has 0 fully saturated rings. The standard InChI is InChI=1S/C14H16ClNO/c1-9(2)6-7-13(17)11-8-16-14-10(11)4-3-5-12(14)15/h3-5,8-9,16H,6-7H2,1-2H3. The van der Waals surface area contributed by atoms with Crippen LogP contribution in [-0.4, -0.2) is 10.8 Å². The number of hydrogen-bond donors (Lipinski definition) is 1. The molecule has 0 saturated heterocycles. The van der Waals surface area contributed by atoms with E-state index in [1.165, 1.54) is 0 Å². The van der Waals surface area contributed by atoms with Crippen molar-refractivity contribution in [3.63, 3.8) is 0 Å². The molecule has 0 saturated carbocycles. The van der Waals surface area contributed by atoms with Crippen LogP contribution < -0.4 is 0 Å². The van der Waals surface area contributed by atoms with E-state index >= 15 is 0 Å². The molecule has 2 rings (SSSR count). The van der Waals surface area contributed by atoms with Crippen molar-refractivity contribution in [2.45, 2.75) is 26.7 Å². The highest BCUT2D eigenvalue weighted by molar-refractivity contribution is 6.35. The van der Waals surface area contributed by atoms with Crippen molar-refractivity contribution in [2.24, 2.45) is 5.92 Å². The number of ketones is 1. The van der Waals surface area contributed by atoms with Crippen LogP contribution in [0.5, 0.6) is 0 Å². The predicted molar refractivity (Wildman–Crippen MR) is 71.7 cm³/mol. The molecule has 1 N–H and O–H groups in total. The van der Waals surface area contributed by atoms with Gasteiger partial charge in [0, 0.05) is 23.6 Å². The fourth-order valence-electron chi connectivity index (χ4n) is 1.90. The fraction of sp³-hybridized carbons (Fsp3) is 0.357. The van der Waals surface area contributed by atoms with Gasteiger partial charge in [-0.1, -0.05) is 37.6 Å². The van der Waals surface area contributed by atoms with Crippen LogP contribution in [0.15, 0.2) is 24.4 Å². The van der Waals surface area contributed by atoms with Crippen molar-refractivity contribution in [2.75, 3.05) is 0 Å². The van der Waals surface area contributed by atoms with Crippen LogP contribution in [0.25, 0.3) is 10.9 Å². The molecule has 1 aromatic carbocycles. The topological polar surface area (TPSA) is 32.9 Å². The second kappa shape index (κ2) is 4.92. The molecule has 17 heavy (non-hydrogen) atoms. The first-order valence-corrected chi connectivity index (χ1v) is 6.26. The minimum atomic E-state index is 0.187. The summed E-state index contributed by atoms with van der Waals surface area (Å²) in [7, 11) is 0. The van der Waals surface area contributed by atoms with E-state index in [0.29, 0.717) is 17.4 Å². The Hall–Kier alpha value is -1.28. The summed E-state index contributed by atoms with van der Waals surface area (Å²) in [6, 6.07) is 5.63. The van der Waals surface area contributed by atoms with Crippen molar-refractivity contribution in [3.05, 3.63) is 35.0 Å². The molecule has 0 amide bonds. The van der Waals surface area contributed by atoms with E-state index in [9.17, 15) is 4.79 Å². The lowest BCUT2D eigenvalue weighted by molar-refractivity contribution is 0.0977. The number of hydrogen-bond acceptors (Lipinski definition) is 1. The Morgan fingerprint density at radius 2 is 2.18 bits per heavy atom. The Kier molecular flexibility index (Phi) is 3.53. The zero-order chi connectivity index (χ0) is 12.4. The number of aromatic amines is 1. The molecule has 2 aromatic rings. The van der Waals surface area contributed by atoms with Crippen LogP contribution in [0.1, 0.15) is 37.0 Å². The van der Waals surface area contributed by atoms with Crippen LogP contribution >= 0.6 is 11.6 Å². The van der Waals surface area contributed by atoms with Gasteiger partial charge in [0.2, 0.25) is 0 Å². The lowest BCUT2D eigenvalue weighted by atomic mass is 10.0. The number of nitrogens with one attached hydrogen (secondary N) is 1. The molecular formula is C14H16ClNO. The van der Waals surface area contributed by atoms with Crippen LogP contribution in [-0.2, 0) is 0 Å². The molecule has 1 aromatic heterocycles. The van der Waals surface area contributed by atoms with Gasteiger partial charge < -0.3 is 4.98 Å². The number of Topliss-reactive ketones (excluding diaryl/α,β-unsaturated/α-hetero) is 1. The van der Waals surface area contributed by atoms with E-state index in [4.69, 9.17) is 11.6 Å². The molecule has 0 aliphatic rings. The monoisotopic (exact) mass is 249 g/mol. The first kappa shape index (κ1) is 12.2. The second-order valence-corrected chi connectivity index (χ2v) is 5.13. The molecule has 0 bridgehead atoms. The van der Waals surface area contributed by atoms with Gasteiger partial charge in [0.25, 0.3) is 0 Å². The van der Waals surface area contributed by atoms with Gasteiger partial charge in [-0.15, -0.1) is 0 Å². The van der Waals surface area contributed by atoms with E-state index in [1.807, 2.05) is 18.2 Å². The van der Waals surface area contributed by atoms with Crippen molar-refractivity contribution in [1.82, 2.24) is 4.98 Å². The highest BCUT2D eigenvalue weighted by atomic mass is 35.5. The van der Waals surface area contributed by atoms with Crippen molar-refractivity contribution < 1.29 is 4.79 Å². The van der Waals surface area contributed by atoms with Gasteiger partial charge in [-0.3, -0.25) is 4.79 Å². The van der Waals surface area contributed by atoms with Crippen molar-refractivity contribution in [1.29, 1.82) is 0 Å². The first-order valence-electron chi connectivity index (χ1n) is 5.88. The summed E-state index contributed by atoms with van der Waals surface area (Å²) >= 11 is 6.06. The van der Waals surface area contributed by atoms with Crippen molar-refractivity contribution >= 4 is 28.3 Å². The number of halogens is 1. The van der Waals surface area contributed by atoms with E-state index in [1.54, 1.807) is 6.20 Å². The highest BCUT2D eigenvalue weighted by Crippen LogP contribution is 2.26. The molecule has 0 aliphatic heterocycles. The lowest BCUT2D eigenvalue weighted by Crippen LogP contribution is -2.00. The van der Waals surface area contributed by atoms with Crippen LogP contribution in [0.2, 0.25) is 5.02 Å². The number of carbonyl (C=O) groups is 1. The minimum Gasteiger partial charge on any atom is -0.359 e. The minimum absolute atomic E-state index is 0.187. The third-order valence-corrected chi connectivity index (χ3v) is 3.23. The average Bonchev–Trinajstić information content (AvgIpc) is 2.71. The van der Waals surface area contributed by atoms with Gasteiger partial charge in [0.1, 0.15) is 0 Å². The first-order chi connectivity index (χ1) is 8.09. The maximum atomic E-state index is 12.1. The number of benzene rings is 1. The Morgan fingerprint density at radius 3 is 2.88 bits per heavy atom. The zero-order valence-corrected chi connectivity index (χ0v) is 10.8. The number of carbonyl (C=O) groups excluding carboxylic acids is 1. The lowest BCUT2D eigenvalue weighted by Gasteiger charge is -2.03. The Morgan fingerprint density at radius 1 is 1.41 bits per heavy atom. The Balaban J connectivity index is 2.30. The smallest absolute Gasteiger partial charge is 0.165 e. The van der Waals surface area contributed by atoms with E-state index < -0.39 is 0 Å². The van der Waals surface area contributed by atoms with E-state index in [-0.39, 0.29) is 5.78 Å². The van der Waals surface area contributed by atoms with Gasteiger partial charge >= 0.3 is 0 Å². The average molecular weight is 250 g/mol. The number of fused-ring (bicyclic) bond motifs is 1. The SMILES string of the molecule is CC(C)CCC(=O)c1c[nH]c2c(Cl)cccc12. The quantitative estimate of drug-likeness (QED) is 0.799. The Labute approximate surface area is 106 Å². The molecule has 0 atom stereocenters. The molecule has 90 valence electrons. The molecule has 3 heteroatoms. The van der Waals surface area contributed by atoms with Gasteiger partial charge in [0.05, 0.1) is 10.5 Å². The van der Waals surface area contributed by atoms with Crippen LogP contribution in [0.3, 0.4) is 0 Å². The molecule has 0 aliphatic carbocycles. The van der Waals surface area contributed by atoms with Gasteiger partial charge in [0.15, 0.2) is 5.78 Å². The second-order valence-electron chi connectivity index (χ2n) is 4.72. The number of H-pyrrole nitrogens is 1. The zero-order valence-electron chi connectivity index (χ0n) is 10.1. The summed E-state index contributed by atoms with van der Waals surface area (Å²) in [6.45, 7) is 4.25. The van der Waals surface area contributed by atoms with E-state index in [0.717, 1.165) is 22.9 Å². The third-order valence-electron chi connectivity index (χ3n) is 2.91. The fourth-order valence-corrected chi connectivity index (χ4v) is 2.13. The summed E-state index contributed by atoms with van der Waals surface area (Å²) in [4.78, 5) is 15.1. The molecule has 0 spiro atoms. The summed E-state index contributed by atoms with van der Waals surface area (Å²) in [5.41, 5.74) is 1.60. The summed E-state index contributed by atoms with van der Waals surface area (Å²) < 4.78 is 0. The number of rotatable bonds is 4. The highest BCUT2D eigenvalue weighted by Gasteiger charge is 2.13. The number of aromatic nitrogens is 1. The summed E-state index contributed by atoms with van der Waals surface area (Å²) in [5.74, 6) is 0.736.